The summed E-state index contributed by atoms with van der Waals surface area (Å²) in [6.07, 6.45) is 1.45. The van der Waals surface area contributed by atoms with Gasteiger partial charge >= 0.3 is 0 Å². The second-order valence-corrected chi connectivity index (χ2v) is 9.28. The Labute approximate surface area is 181 Å². The highest BCUT2D eigenvalue weighted by Crippen LogP contribution is 2.25. The minimum Gasteiger partial charge on any atom is -0.494 e. The molecule has 0 aliphatic carbocycles. The first-order valence-electron chi connectivity index (χ1n) is 10.1. The molecule has 0 fully saturated rings. The fraction of sp³-hybridized carbons (Fsp3) is 0.160. The van der Waals surface area contributed by atoms with Crippen molar-refractivity contribution in [3.8, 4) is 5.75 Å². The van der Waals surface area contributed by atoms with Crippen molar-refractivity contribution in [1.29, 1.82) is 0 Å². The first-order valence-corrected chi connectivity index (χ1v) is 11.5. The molecular weight excluding hydrogens is 410 g/mol. The van der Waals surface area contributed by atoms with Gasteiger partial charge in [-0.1, -0.05) is 48.0 Å². The molecule has 0 unspecified atom stereocenters. The third-order valence-electron chi connectivity index (χ3n) is 5.15. The number of aryl methyl sites for hydroxylation is 1. The highest BCUT2D eigenvalue weighted by Gasteiger charge is 2.24. The average molecular weight is 434 g/mol. The summed E-state index contributed by atoms with van der Waals surface area (Å²) in [5.74, 6) is 0.531. The zero-order valence-corrected chi connectivity index (χ0v) is 18.2. The number of hydrogen-bond donors (Lipinski definition) is 0. The zero-order valence-electron chi connectivity index (χ0n) is 17.4. The molecule has 4 rings (SSSR count). The number of hydrogen-bond acceptors (Lipinski definition) is 4. The molecular formula is C25H23NO4S. The Balaban J connectivity index is 1.97. The van der Waals surface area contributed by atoms with Gasteiger partial charge in [0.25, 0.3) is 0 Å². The molecule has 6 heteroatoms. The van der Waals surface area contributed by atoms with Crippen LogP contribution in [0.3, 0.4) is 0 Å². The van der Waals surface area contributed by atoms with E-state index < -0.39 is 15.3 Å². The standard InChI is InChI=1S/C25H23NO4S/c1-3-30-20-11-14-23-22(15-20)25(27)24(17-26(23)16-19-7-5-4-6-8-19)31(28,29)21-12-9-18(2)10-13-21/h4-15,17H,3,16H2,1-2H3. The number of ether oxygens (including phenoxy) is 1. The lowest BCUT2D eigenvalue weighted by molar-refractivity contribution is 0.340. The third-order valence-corrected chi connectivity index (χ3v) is 6.91. The summed E-state index contributed by atoms with van der Waals surface area (Å²) < 4.78 is 34.1. The average Bonchev–Trinajstić information content (AvgIpc) is 2.77. The molecule has 0 N–H and O–H groups in total. The number of sulfone groups is 1. The maximum atomic E-state index is 13.4. The topological polar surface area (TPSA) is 65.4 Å². The molecule has 0 aliphatic heterocycles. The molecule has 0 saturated heterocycles. The lowest BCUT2D eigenvalue weighted by Gasteiger charge is -2.15. The van der Waals surface area contributed by atoms with Gasteiger partial charge in [0.05, 0.1) is 22.4 Å². The number of fused-ring (bicyclic) bond motifs is 1. The van der Waals surface area contributed by atoms with E-state index in [0.717, 1.165) is 11.1 Å². The molecule has 4 aromatic rings. The van der Waals surface area contributed by atoms with Crippen LogP contribution in [0.4, 0.5) is 0 Å². The van der Waals surface area contributed by atoms with Gasteiger partial charge in [0.1, 0.15) is 10.6 Å². The van der Waals surface area contributed by atoms with E-state index in [1.165, 1.54) is 18.3 Å². The largest absolute Gasteiger partial charge is 0.494 e. The van der Waals surface area contributed by atoms with Crippen LogP contribution in [0.1, 0.15) is 18.1 Å². The summed E-state index contributed by atoms with van der Waals surface area (Å²) in [5, 5.41) is 0.315. The Kier molecular flexibility index (Phi) is 5.65. The minimum atomic E-state index is -3.99. The van der Waals surface area contributed by atoms with E-state index in [1.807, 2.05) is 48.7 Å². The molecule has 3 aromatic carbocycles. The number of aromatic nitrogens is 1. The van der Waals surface area contributed by atoms with E-state index in [-0.39, 0.29) is 9.79 Å². The van der Waals surface area contributed by atoms with Gasteiger partial charge in [-0.3, -0.25) is 4.79 Å². The molecule has 0 saturated carbocycles. The van der Waals surface area contributed by atoms with Gasteiger partial charge in [0.2, 0.25) is 15.3 Å². The fourth-order valence-corrected chi connectivity index (χ4v) is 4.92. The Hall–Kier alpha value is -3.38. The first-order chi connectivity index (χ1) is 14.9. The normalized spacial score (nSPS) is 11.5. The second-order valence-electron chi connectivity index (χ2n) is 7.36. The summed E-state index contributed by atoms with van der Waals surface area (Å²) in [5.41, 5.74) is 2.07. The summed E-state index contributed by atoms with van der Waals surface area (Å²) in [4.78, 5) is 13.2. The molecule has 0 aliphatic rings. The molecule has 0 radical (unpaired) electrons. The van der Waals surface area contributed by atoms with Gasteiger partial charge < -0.3 is 9.30 Å². The van der Waals surface area contributed by atoms with E-state index in [4.69, 9.17) is 4.74 Å². The van der Waals surface area contributed by atoms with Crippen LogP contribution in [0.2, 0.25) is 0 Å². The van der Waals surface area contributed by atoms with E-state index in [1.54, 1.807) is 30.3 Å². The van der Waals surface area contributed by atoms with Gasteiger partial charge in [-0.15, -0.1) is 0 Å². The van der Waals surface area contributed by atoms with Crippen LogP contribution < -0.4 is 10.2 Å². The molecule has 1 aromatic heterocycles. The smallest absolute Gasteiger partial charge is 0.211 e. The number of rotatable bonds is 6. The number of nitrogens with zero attached hydrogens (tertiary/aromatic N) is 1. The Morgan fingerprint density at radius 3 is 2.32 bits per heavy atom. The summed E-state index contributed by atoms with van der Waals surface area (Å²) in [6.45, 7) is 4.62. The van der Waals surface area contributed by atoms with Crippen molar-refractivity contribution in [3.05, 3.63) is 100 Å². The highest BCUT2D eigenvalue weighted by atomic mass is 32.2. The molecule has 5 nitrogen and oxygen atoms in total. The monoisotopic (exact) mass is 433 g/mol. The molecule has 0 bridgehead atoms. The number of benzene rings is 3. The molecule has 31 heavy (non-hydrogen) atoms. The van der Waals surface area contributed by atoms with Gasteiger partial charge in [-0.05, 0) is 49.7 Å². The third kappa shape index (κ3) is 4.11. The maximum Gasteiger partial charge on any atom is 0.211 e. The molecule has 0 amide bonds. The molecule has 158 valence electrons. The van der Waals surface area contributed by atoms with Crippen molar-refractivity contribution in [2.45, 2.75) is 30.2 Å². The minimum absolute atomic E-state index is 0.0989. The summed E-state index contributed by atoms with van der Waals surface area (Å²) >= 11 is 0. The van der Waals surface area contributed by atoms with Crippen LogP contribution in [0.5, 0.6) is 5.75 Å². The SMILES string of the molecule is CCOc1ccc2c(c1)c(=O)c(S(=O)(=O)c1ccc(C)cc1)cn2Cc1ccccc1. The highest BCUT2D eigenvalue weighted by molar-refractivity contribution is 7.91. The quantitative estimate of drug-likeness (QED) is 0.446. The van der Waals surface area contributed by atoms with Gasteiger partial charge in [0, 0.05) is 12.7 Å². The predicted molar refractivity (Wildman–Crippen MR) is 122 cm³/mol. The van der Waals surface area contributed by atoms with E-state index in [2.05, 4.69) is 0 Å². The fourth-order valence-electron chi connectivity index (χ4n) is 3.55. The lowest BCUT2D eigenvalue weighted by Crippen LogP contribution is -2.19. The van der Waals surface area contributed by atoms with E-state index >= 15 is 0 Å². The lowest BCUT2D eigenvalue weighted by atomic mass is 10.1. The molecule has 0 spiro atoms. The van der Waals surface area contributed by atoms with Crippen molar-refractivity contribution in [3.63, 3.8) is 0 Å². The summed E-state index contributed by atoms with van der Waals surface area (Å²) in [7, 11) is -3.99. The van der Waals surface area contributed by atoms with Crippen molar-refractivity contribution in [2.24, 2.45) is 0 Å². The number of pyridine rings is 1. The zero-order chi connectivity index (χ0) is 22.0. The van der Waals surface area contributed by atoms with Gasteiger partial charge in [-0.25, -0.2) is 8.42 Å². The molecule has 0 atom stereocenters. The van der Waals surface area contributed by atoms with Crippen LogP contribution >= 0.6 is 0 Å². The van der Waals surface area contributed by atoms with E-state index in [9.17, 15) is 13.2 Å². The Morgan fingerprint density at radius 1 is 0.935 bits per heavy atom. The van der Waals surface area contributed by atoms with E-state index in [0.29, 0.717) is 29.8 Å². The second kappa shape index (κ2) is 8.40. The first kappa shape index (κ1) is 20.9. The molecule has 1 heterocycles. The summed E-state index contributed by atoms with van der Waals surface area (Å²) in [6, 6.07) is 21.4. The van der Waals surface area contributed by atoms with Crippen LogP contribution in [-0.4, -0.2) is 19.6 Å². The maximum absolute atomic E-state index is 13.4. The Bertz CT molecular complexity index is 1390. The van der Waals surface area contributed by atoms with Gasteiger partial charge in [-0.2, -0.15) is 0 Å². The van der Waals surface area contributed by atoms with Crippen molar-refractivity contribution in [2.75, 3.05) is 6.61 Å². The van der Waals surface area contributed by atoms with Crippen molar-refractivity contribution >= 4 is 20.7 Å². The predicted octanol–water partition coefficient (Wildman–Crippen LogP) is 4.59. The van der Waals surface area contributed by atoms with Crippen molar-refractivity contribution < 1.29 is 13.2 Å². The van der Waals surface area contributed by atoms with Crippen LogP contribution in [-0.2, 0) is 16.4 Å². The van der Waals surface area contributed by atoms with Crippen LogP contribution in [0, 0.1) is 6.92 Å². The van der Waals surface area contributed by atoms with Gasteiger partial charge in [0.15, 0.2) is 0 Å². The van der Waals surface area contributed by atoms with Crippen LogP contribution in [0.25, 0.3) is 10.9 Å². The van der Waals surface area contributed by atoms with Crippen molar-refractivity contribution in [1.82, 2.24) is 4.57 Å². The Morgan fingerprint density at radius 2 is 1.65 bits per heavy atom. The van der Waals surface area contributed by atoms with Crippen LogP contribution in [0.15, 0.2) is 93.6 Å².